The Morgan fingerprint density at radius 3 is 2.68 bits per heavy atom. The highest BCUT2D eigenvalue weighted by molar-refractivity contribution is 7.98. The molecule has 1 heterocycles. The molecular weight excluding hydrogens is 278 g/mol. The van der Waals surface area contributed by atoms with Crippen molar-refractivity contribution < 1.29 is 9.53 Å². The molecule has 0 bridgehead atoms. The van der Waals surface area contributed by atoms with E-state index in [2.05, 4.69) is 5.32 Å². The van der Waals surface area contributed by atoms with Crippen molar-refractivity contribution in [2.45, 2.75) is 11.8 Å². The van der Waals surface area contributed by atoms with Crippen LogP contribution in [0.4, 0.5) is 5.69 Å². The van der Waals surface area contributed by atoms with Gasteiger partial charge in [-0.2, -0.15) is 0 Å². The number of amides is 1. The fraction of sp³-hybridized carbons (Fsp3) is 0.214. The standard InChI is InChI=1S/C14H15NO2S2/c1-9-4-7-13(19-9)14(16)15-11-6-5-10(18-3)8-12(11)17-2/h4-8H,1-3H3,(H,15,16). The maximum atomic E-state index is 12.1. The number of aryl methyl sites for hydroxylation is 1. The molecule has 3 nitrogen and oxygen atoms in total. The first-order valence-corrected chi connectivity index (χ1v) is 7.78. The van der Waals surface area contributed by atoms with Gasteiger partial charge in [0.2, 0.25) is 0 Å². The summed E-state index contributed by atoms with van der Waals surface area (Å²) in [5.74, 6) is 0.571. The van der Waals surface area contributed by atoms with E-state index in [1.54, 1.807) is 18.9 Å². The van der Waals surface area contributed by atoms with Crippen molar-refractivity contribution in [1.82, 2.24) is 0 Å². The lowest BCUT2D eigenvalue weighted by Gasteiger charge is -2.10. The number of ether oxygens (including phenoxy) is 1. The Morgan fingerprint density at radius 2 is 2.11 bits per heavy atom. The molecule has 5 heteroatoms. The van der Waals surface area contributed by atoms with Crippen molar-refractivity contribution in [3.63, 3.8) is 0 Å². The maximum absolute atomic E-state index is 12.1. The summed E-state index contributed by atoms with van der Waals surface area (Å²) >= 11 is 3.11. The number of thiophene rings is 1. The van der Waals surface area contributed by atoms with E-state index >= 15 is 0 Å². The molecule has 0 saturated heterocycles. The third-order valence-corrected chi connectivity index (χ3v) is 4.35. The highest BCUT2D eigenvalue weighted by Crippen LogP contribution is 2.30. The molecule has 0 atom stereocenters. The third kappa shape index (κ3) is 3.30. The molecule has 0 saturated carbocycles. The van der Waals surface area contributed by atoms with E-state index in [9.17, 15) is 4.79 Å². The van der Waals surface area contributed by atoms with Gasteiger partial charge in [0.25, 0.3) is 5.91 Å². The average molecular weight is 293 g/mol. The first-order valence-electron chi connectivity index (χ1n) is 5.74. The molecule has 2 aromatic rings. The van der Waals surface area contributed by atoms with Gasteiger partial charge in [0.1, 0.15) is 5.75 Å². The molecule has 19 heavy (non-hydrogen) atoms. The van der Waals surface area contributed by atoms with Gasteiger partial charge in [0.05, 0.1) is 17.7 Å². The molecule has 0 radical (unpaired) electrons. The Morgan fingerprint density at radius 1 is 1.32 bits per heavy atom. The van der Waals surface area contributed by atoms with Crippen molar-refractivity contribution in [3.05, 3.63) is 40.1 Å². The fourth-order valence-electron chi connectivity index (χ4n) is 1.64. The van der Waals surface area contributed by atoms with Gasteiger partial charge < -0.3 is 10.1 Å². The van der Waals surface area contributed by atoms with Crippen LogP contribution in [-0.4, -0.2) is 19.3 Å². The van der Waals surface area contributed by atoms with Crippen molar-refractivity contribution in [1.29, 1.82) is 0 Å². The van der Waals surface area contributed by atoms with Crippen LogP contribution in [-0.2, 0) is 0 Å². The Balaban J connectivity index is 2.21. The van der Waals surface area contributed by atoms with Gasteiger partial charge in [-0.3, -0.25) is 4.79 Å². The number of thioether (sulfide) groups is 1. The van der Waals surface area contributed by atoms with Crippen LogP contribution in [0.25, 0.3) is 0 Å². The number of carbonyl (C=O) groups excluding carboxylic acids is 1. The third-order valence-electron chi connectivity index (χ3n) is 2.62. The summed E-state index contributed by atoms with van der Waals surface area (Å²) in [5.41, 5.74) is 0.691. The van der Waals surface area contributed by atoms with Crippen LogP contribution in [0.3, 0.4) is 0 Å². The van der Waals surface area contributed by atoms with E-state index in [1.165, 1.54) is 11.3 Å². The normalized spacial score (nSPS) is 10.3. The molecule has 1 aromatic heterocycles. The minimum Gasteiger partial charge on any atom is -0.495 e. The molecule has 0 unspecified atom stereocenters. The number of anilines is 1. The number of methoxy groups -OCH3 is 1. The van der Waals surface area contributed by atoms with Gasteiger partial charge in [-0.05, 0) is 43.5 Å². The second-order valence-corrected chi connectivity index (χ2v) is 6.10. The Kier molecular flexibility index (Phi) is 4.50. The van der Waals surface area contributed by atoms with E-state index < -0.39 is 0 Å². The number of benzene rings is 1. The predicted molar refractivity (Wildman–Crippen MR) is 81.8 cm³/mol. The van der Waals surface area contributed by atoms with Gasteiger partial charge in [-0.25, -0.2) is 0 Å². The minimum atomic E-state index is -0.103. The first kappa shape index (κ1) is 14.0. The molecule has 0 fully saturated rings. The molecule has 0 spiro atoms. The number of nitrogens with one attached hydrogen (secondary N) is 1. The summed E-state index contributed by atoms with van der Waals surface area (Å²) in [4.78, 5) is 15.0. The van der Waals surface area contributed by atoms with Crippen LogP contribution < -0.4 is 10.1 Å². The zero-order valence-corrected chi connectivity index (χ0v) is 12.7. The quantitative estimate of drug-likeness (QED) is 0.865. The topological polar surface area (TPSA) is 38.3 Å². The molecule has 0 aliphatic heterocycles. The highest BCUT2D eigenvalue weighted by atomic mass is 32.2. The average Bonchev–Trinajstić information content (AvgIpc) is 2.86. The summed E-state index contributed by atoms with van der Waals surface area (Å²) in [7, 11) is 1.60. The lowest BCUT2D eigenvalue weighted by atomic mass is 10.3. The summed E-state index contributed by atoms with van der Waals surface area (Å²) in [5, 5.41) is 2.88. The summed E-state index contributed by atoms with van der Waals surface area (Å²) in [6, 6.07) is 9.51. The van der Waals surface area contributed by atoms with Crippen LogP contribution in [0.1, 0.15) is 14.5 Å². The van der Waals surface area contributed by atoms with Crippen molar-refractivity contribution in [3.8, 4) is 5.75 Å². The molecule has 0 aliphatic rings. The largest absolute Gasteiger partial charge is 0.495 e. The van der Waals surface area contributed by atoms with Crippen LogP contribution in [0, 0.1) is 6.92 Å². The number of carbonyl (C=O) groups is 1. The second kappa shape index (κ2) is 6.12. The Labute approximate surface area is 121 Å². The van der Waals surface area contributed by atoms with Gasteiger partial charge in [-0.1, -0.05) is 0 Å². The molecule has 1 N–H and O–H groups in total. The molecule has 0 aliphatic carbocycles. The zero-order chi connectivity index (χ0) is 13.8. The summed E-state index contributed by atoms with van der Waals surface area (Å²) in [6.45, 7) is 1.98. The van der Waals surface area contributed by atoms with E-state index in [4.69, 9.17) is 4.74 Å². The van der Waals surface area contributed by atoms with Crippen molar-refractivity contribution >= 4 is 34.7 Å². The van der Waals surface area contributed by atoms with E-state index in [0.717, 1.165) is 9.77 Å². The number of hydrogen-bond donors (Lipinski definition) is 1. The Bertz CT molecular complexity index is 593. The van der Waals surface area contributed by atoms with Crippen molar-refractivity contribution in [2.75, 3.05) is 18.7 Å². The highest BCUT2D eigenvalue weighted by Gasteiger charge is 2.11. The molecule has 2 rings (SSSR count). The lowest BCUT2D eigenvalue weighted by molar-refractivity contribution is 0.103. The number of rotatable bonds is 4. The predicted octanol–water partition coefficient (Wildman–Crippen LogP) is 4.04. The molecule has 1 amide bonds. The zero-order valence-electron chi connectivity index (χ0n) is 11.0. The van der Waals surface area contributed by atoms with Crippen LogP contribution in [0.2, 0.25) is 0 Å². The molecule has 1 aromatic carbocycles. The number of hydrogen-bond acceptors (Lipinski definition) is 4. The van der Waals surface area contributed by atoms with Crippen molar-refractivity contribution in [2.24, 2.45) is 0 Å². The van der Waals surface area contributed by atoms with E-state index in [1.807, 2.05) is 43.5 Å². The first-order chi connectivity index (χ1) is 9.13. The fourth-order valence-corrected chi connectivity index (χ4v) is 2.83. The van der Waals surface area contributed by atoms with Gasteiger partial charge in [0, 0.05) is 9.77 Å². The lowest BCUT2D eigenvalue weighted by Crippen LogP contribution is -2.11. The second-order valence-electron chi connectivity index (χ2n) is 3.93. The molecular formula is C14H15NO2S2. The summed E-state index contributed by atoms with van der Waals surface area (Å²) in [6.07, 6.45) is 2.00. The maximum Gasteiger partial charge on any atom is 0.265 e. The summed E-state index contributed by atoms with van der Waals surface area (Å²) < 4.78 is 5.31. The Hall–Kier alpha value is -1.46. The monoisotopic (exact) mass is 293 g/mol. The van der Waals surface area contributed by atoms with Gasteiger partial charge in [-0.15, -0.1) is 23.1 Å². The smallest absolute Gasteiger partial charge is 0.265 e. The van der Waals surface area contributed by atoms with E-state index in [-0.39, 0.29) is 5.91 Å². The van der Waals surface area contributed by atoms with Gasteiger partial charge in [0.15, 0.2) is 0 Å². The van der Waals surface area contributed by atoms with Gasteiger partial charge >= 0.3 is 0 Å². The SMILES string of the molecule is COc1cc(SC)ccc1NC(=O)c1ccc(C)s1. The minimum absolute atomic E-state index is 0.103. The van der Waals surface area contributed by atoms with Crippen LogP contribution in [0.15, 0.2) is 35.2 Å². The van der Waals surface area contributed by atoms with Crippen LogP contribution in [0.5, 0.6) is 5.75 Å². The molecule has 100 valence electrons. The van der Waals surface area contributed by atoms with Crippen LogP contribution >= 0.6 is 23.1 Å². The van der Waals surface area contributed by atoms with E-state index in [0.29, 0.717) is 16.3 Å².